The molecule has 0 radical (unpaired) electrons. The Morgan fingerprint density at radius 1 is 1.17 bits per heavy atom. The second-order valence-corrected chi connectivity index (χ2v) is 7.43. The molecule has 124 valence electrons. The highest BCUT2D eigenvalue weighted by molar-refractivity contribution is 9.11. The van der Waals surface area contributed by atoms with Crippen LogP contribution >= 0.6 is 31.9 Å². The highest BCUT2D eigenvalue weighted by atomic mass is 79.9. The van der Waals surface area contributed by atoms with Gasteiger partial charge in [0.25, 0.3) is 0 Å². The van der Waals surface area contributed by atoms with E-state index in [1.165, 1.54) is 11.3 Å². The molecule has 2 N–H and O–H groups in total. The number of hydrogen-bond acceptors (Lipinski definition) is 1. The molecular weight excluding hydrogens is 432 g/mol. The Hall–Kier alpha value is -1.59. The van der Waals surface area contributed by atoms with E-state index < -0.39 is 5.91 Å². The van der Waals surface area contributed by atoms with Gasteiger partial charge in [-0.1, -0.05) is 53.5 Å². The lowest BCUT2D eigenvalue weighted by molar-refractivity contribution is 0.100. The van der Waals surface area contributed by atoms with Gasteiger partial charge in [0, 0.05) is 32.1 Å². The van der Waals surface area contributed by atoms with E-state index in [0.29, 0.717) is 5.56 Å². The summed E-state index contributed by atoms with van der Waals surface area (Å²) in [5.74, 6) is -0.404. The van der Waals surface area contributed by atoms with Gasteiger partial charge < -0.3 is 10.3 Å². The predicted octanol–water partition coefficient (Wildman–Crippen LogP) is 5.27. The van der Waals surface area contributed by atoms with Gasteiger partial charge in [0.2, 0.25) is 5.91 Å². The third-order valence-corrected chi connectivity index (χ3v) is 5.82. The Balaban J connectivity index is 2.22. The molecule has 0 saturated heterocycles. The van der Waals surface area contributed by atoms with Gasteiger partial charge in [-0.15, -0.1) is 0 Å². The molecule has 0 aliphatic heterocycles. The van der Waals surface area contributed by atoms with Gasteiger partial charge in [-0.05, 0) is 46.1 Å². The highest BCUT2D eigenvalue weighted by Gasteiger charge is 2.17. The highest BCUT2D eigenvalue weighted by Crippen LogP contribution is 2.34. The maximum atomic E-state index is 11.6. The van der Waals surface area contributed by atoms with Crippen molar-refractivity contribution in [2.75, 3.05) is 0 Å². The molecule has 1 heterocycles. The van der Waals surface area contributed by atoms with Crippen molar-refractivity contribution in [1.82, 2.24) is 4.57 Å². The van der Waals surface area contributed by atoms with Crippen molar-refractivity contribution in [3.05, 3.63) is 68.2 Å². The number of benzene rings is 2. The molecule has 0 unspecified atom stereocenters. The smallest absolute Gasteiger partial charge is 0.248 e. The Kier molecular flexibility index (Phi) is 5.11. The average Bonchev–Trinajstić information content (AvgIpc) is 2.82. The zero-order chi connectivity index (χ0) is 17.3. The number of primary amides is 1. The molecule has 3 aromatic rings. The fourth-order valence-corrected chi connectivity index (χ4v) is 4.13. The van der Waals surface area contributed by atoms with Gasteiger partial charge in [-0.3, -0.25) is 4.79 Å². The first-order valence-electron chi connectivity index (χ1n) is 7.86. The first kappa shape index (κ1) is 17.2. The summed E-state index contributed by atoms with van der Waals surface area (Å²) in [6.45, 7) is 2.91. The summed E-state index contributed by atoms with van der Waals surface area (Å²) in [4.78, 5) is 11.6. The van der Waals surface area contributed by atoms with Gasteiger partial charge in [-0.2, -0.15) is 0 Å². The molecule has 1 aromatic heterocycles. The molecular formula is C19H18Br2N2O. The molecule has 0 bridgehead atoms. The fraction of sp³-hybridized carbons (Fsp3) is 0.211. The normalized spacial score (nSPS) is 11.1. The minimum Gasteiger partial charge on any atom is -0.366 e. The van der Waals surface area contributed by atoms with Gasteiger partial charge in [-0.25, -0.2) is 0 Å². The lowest BCUT2D eigenvalue weighted by atomic mass is 10.1. The molecule has 24 heavy (non-hydrogen) atoms. The molecule has 0 saturated carbocycles. The fourth-order valence-electron chi connectivity index (χ4n) is 2.97. The van der Waals surface area contributed by atoms with Crippen LogP contribution in [-0.2, 0) is 13.0 Å². The topological polar surface area (TPSA) is 48.0 Å². The molecule has 0 aliphatic carbocycles. The zero-order valence-electron chi connectivity index (χ0n) is 13.4. The number of halogens is 2. The number of amides is 1. The Morgan fingerprint density at radius 2 is 1.92 bits per heavy atom. The van der Waals surface area contributed by atoms with Crippen LogP contribution in [0.15, 0.2) is 51.4 Å². The summed E-state index contributed by atoms with van der Waals surface area (Å²) in [6, 6.07) is 13.8. The first-order valence-corrected chi connectivity index (χ1v) is 9.45. The lowest BCUT2D eigenvalue weighted by Gasteiger charge is -2.12. The Morgan fingerprint density at radius 3 is 2.58 bits per heavy atom. The number of fused-ring (bicyclic) bond motifs is 1. The quantitative estimate of drug-likeness (QED) is 0.566. The summed E-state index contributed by atoms with van der Waals surface area (Å²) >= 11 is 7.38. The van der Waals surface area contributed by atoms with Crippen molar-refractivity contribution in [2.45, 2.75) is 26.3 Å². The monoisotopic (exact) mass is 448 g/mol. The molecule has 0 fully saturated rings. The molecule has 0 aliphatic rings. The first-order chi connectivity index (χ1) is 11.5. The number of carbonyl (C=O) groups excluding carboxylic acids is 1. The lowest BCUT2D eigenvalue weighted by Crippen LogP contribution is -2.11. The summed E-state index contributed by atoms with van der Waals surface area (Å²) in [6.07, 6.45) is 2.01. The maximum Gasteiger partial charge on any atom is 0.248 e. The summed E-state index contributed by atoms with van der Waals surface area (Å²) < 4.78 is 4.45. The van der Waals surface area contributed by atoms with E-state index in [4.69, 9.17) is 5.73 Å². The number of aromatic nitrogens is 1. The molecule has 3 nitrogen and oxygen atoms in total. The van der Waals surface area contributed by atoms with E-state index in [1.54, 1.807) is 6.07 Å². The predicted molar refractivity (Wildman–Crippen MR) is 105 cm³/mol. The van der Waals surface area contributed by atoms with Crippen molar-refractivity contribution < 1.29 is 4.79 Å². The van der Waals surface area contributed by atoms with E-state index in [1.807, 2.05) is 30.3 Å². The molecule has 0 atom stereocenters. The van der Waals surface area contributed by atoms with Crippen LogP contribution in [0, 0.1) is 0 Å². The molecule has 1 amide bonds. The second-order valence-electron chi connectivity index (χ2n) is 5.78. The van der Waals surface area contributed by atoms with Crippen molar-refractivity contribution >= 4 is 48.7 Å². The van der Waals surface area contributed by atoms with Crippen LogP contribution in [0.2, 0.25) is 0 Å². The summed E-state index contributed by atoms with van der Waals surface area (Å²) in [7, 11) is 0. The van der Waals surface area contributed by atoms with Crippen molar-refractivity contribution in [1.29, 1.82) is 0 Å². The second kappa shape index (κ2) is 7.11. The standard InChI is InChI=1S/C19H18Br2N2O/c1-2-5-16-18(21)14-9-8-12(19(22)24)10-17(14)23(16)11-13-6-3-4-7-15(13)20/h3-4,6-10H,2,5,11H2,1H3,(H2,22,24). The van der Waals surface area contributed by atoms with Crippen LogP contribution in [0.3, 0.4) is 0 Å². The minimum absolute atomic E-state index is 0.404. The molecule has 2 aromatic carbocycles. The van der Waals surface area contributed by atoms with Crippen LogP contribution in [-0.4, -0.2) is 10.5 Å². The van der Waals surface area contributed by atoms with Crippen molar-refractivity contribution in [3.8, 4) is 0 Å². The van der Waals surface area contributed by atoms with Crippen LogP contribution in [0.4, 0.5) is 0 Å². The van der Waals surface area contributed by atoms with Gasteiger partial charge in [0.05, 0.1) is 5.52 Å². The Labute approximate surface area is 158 Å². The van der Waals surface area contributed by atoms with E-state index >= 15 is 0 Å². The number of nitrogens with two attached hydrogens (primary N) is 1. The van der Waals surface area contributed by atoms with Crippen LogP contribution < -0.4 is 5.73 Å². The van der Waals surface area contributed by atoms with Gasteiger partial charge >= 0.3 is 0 Å². The minimum atomic E-state index is -0.404. The number of rotatable bonds is 5. The molecule has 3 rings (SSSR count). The largest absolute Gasteiger partial charge is 0.366 e. The van der Waals surface area contributed by atoms with Gasteiger partial charge in [0.1, 0.15) is 0 Å². The van der Waals surface area contributed by atoms with E-state index in [2.05, 4.69) is 49.4 Å². The number of hydrogen-bond donors (Lipinski definition) is 1. The summed E-state index contributed by atoms with van der Waals surface area (Å²) in [5, 5.41) is 1.11. The van der Waals surface area contributed by atoms with Crippen molar-refractivity contribution in [2.24, 2.45) is 5.73 Å². The third-order valence-electron chi connectivity index (χ3n) is 4.16. The third kappa shape index (κ3) is 3.15. The van der Waals surface area contributed by atoms with Crippen LogP contribution in [0.5, 0.6) is 0 Å². The van der Waals surface area contributed by atoms with E-state index in [0.717, 1.165) is 39.2 Å². The SMILES string of the molecule is CCCc1c(Br)c2ccc(C(N)=O)cc2n1Cc1ccccc1Br. The Bertz CT molecular complexity index is 915. The zero-order valence-corrected chi connectivity index (χ0v) is 16.5. The molecule has 0 spiro atoms. The van der Waals surface area contributed by atoms with Gasteiger partial charge in [0.15, 0.2) is 0 Å². The van der Waals surface area contributed by atoms with Crippen LogP contribution in [0.25, 0.3) is 10.9 Å². The summed E-state index contributed by atoms with van der Waals surface area (Å²) in [5.41, 5.74) is 9.46. The van der Waals surface area contributed by atoms with Crippen LogP contribution in [0.1, 0.15) is 35.0 Å². The number of carbonyl (C=O) groups is 1. The van der Waals surface area contributed by atoms with E-state index in [9.17, 15) is 4.79 Å². The molecule has 5 heteroatoms. The maximum absolute atomic E-state index is 11.6. The van der Waals surface area contributed by atoms with E-state index in [-0.39, 0.29) is 0 Å². The number of nitrogens with zero attached hydrogens (tertiary/aromatic N) is 1. The van der Waals surface area contributed by atoms with Crippen molar-refractivity contribution in [3.63, 3.8) is 0 Å². The average molecular weight is 450 g/mol.